The van der Waals surface area contributed by atoms with Gasteiger partial charge in [-0.2, -0.15) is 20.6 Å². The van der Waals surface area contributed by atoms with E-state index in [0.29, 0.717) is 18.7 Å². The molecular weight excluding hydrogens is 414 g/mol. The van der Waals surface area contributed by atoms with E-state index in [-0.39, 0.29) is 42.4 Å². The van der Waals surface area contributed by atoms with Crippen LogP contribution in [0.1, 0.15) is 18.7 Å². The molecule has 10 heteroatoms. The first-order chi connectivity index (χ1) is 14.0. The minimum atomic E-state index is -3.54. The third-order valence-electron chi connectivity index (χ3n) is 4.75. The van der Waals surface area contributed by atoms with E-state index in [1.165, 1.54) is 15.6 Å². The highest BCUT2D eigenvalue weighted by Gasteiger charge is 2.32. The summed E-state index contributed by atoms with van der Waals surface area (Å²) in [6, 6.07) is 10.2. The minimum Gasteiger partial charge on any atom is -0.455 e. The average molecular weight is 434 g/mol. The van der Waals surface area contributed by atoms with Crippen molar-refractivity contribution in [1.29, 1.82) is 0 Å². The van der Waals surface area contributed by atoms with Gasteiger partial charge in [-0.3, -0.25) is 4.79 Å². The van der Waals surface area contributed by atoms with Gasteiger partial charge in [-0.05, 0) is 36.4 Å². The number of nitrogens with zero attached hydrogens (tertiary/aromatic N) is 3. The number of rotatable bonds is 6. The molecule has 0 aliphatic carbocycles. The molecule has 152 valence electrons. The lowest BCUT2D eigenvalue weighted by molar-refractivity contribution is -0.152. The zero-order valence-corrected chi connectivity index (χ0v) is 17.1. The van der Waals surface area contributed by atoms with E-state index < -0.39 is 10.0 Å². The molecule has 0 atom stereocenters. The molecule has 4 rings (SSSR count). The summed E-state index contributed by atoms with van der Waals surface area (Å²) in [4.78, 5) is 16.8. The van der Waals surface area contributed by atoms with Crippen LogP contribution in [0.2, 0.25) is 0 Å². The fourth-order valence-electron chi connectivity index (χ4n) is 3.15. The van der Waals surface area contributed by atoms with Crippen molar-refractivity contribution in [2.45, 2.75) is 24.3 Å². The van der Waals surface area contributed by atoms with Gasteiger partial charge in [0, 0.05) is 24.0 Å². The normalized spacial score (nSPS) is 16.0. The van der Waals surface area contributed by atoms with Crippen LogP contribution in [0.4, 0.5) is 0 Å². The molecule has 0 N–H and O–H groups in total. The summed E-state index contributed by atoms with van der Waals surface area (Å²) in [7, 11) is -3.54. The van der Waals surface area contributed by atoms with Crippen LogP contribution in [0.25, 0.3) is 11.4 Å². The van der Waals surface area contributed by atoms with Crippen LogP contribution in [-0.4, -0.2) is 41.9 Å². The second-order valence-electron chi connectivity index (χ2n) is 6.62. The van der Waals surface area contributed by atoms with E-state index in [0.717, 1.165) is 5.56 Å². The standard InChI is InChI=1S/C19H19N3O5S2/c23-19(26-12-17-20-18(21-27-17)15-8-11-28-13-15)14-6-9-22(10-7-14)29(24,25)16-4-2-1-3-5-16/h1-5,8,11,13-14H,6-7,9-10,12H2. The first kappa shape index (κ1) is 19.7. The summed E-state index contributed by atoms with van der Waals surface area (Å²) in [5.74, 6) is -0.0473. The van der Waals surface area contributed by atoms with E-state index in [9.17, 15) is 13.2 Å². The lowest BCUT2D eigenvalue weighted by Crippen LogP contribution is -2.40. The maximum absolute atomic E-state index is 12.7. The SMILES string of the molecule is O=C(OCc1nc(-c2ccsc2)no1)C1CCN(S(=O)(=O)c2ccccc2)CC1. The van der Waals surface area contributed by atoms with Gasteiger partial charge in [-0.25, -0.2) is 8.42 Å². The predicted molar refractivity (Wildman–Crippen MR) is 105 cm³/mol. The molecule has 1 aliphatic heterocycles. The van der Waals surface area contributed by atoms with E-state index >= 15 is 0 Å². The number of carbonyl (C=O) groups excluding carboxylic acids is 1. The number of hydrogen-bond acceptors (Lipinski definition) is 8. The molecule has 2 aromatic heterocycles. The number of ether oxygens (including phenoxy) is 1. The number of thiophene rings is 1. The molecule has 0 spiro atoms. The summed E-state index contributed by atoms with van der Waals surface area (Å²) in [5, 5.41) is 7.68. The van der Waals surface area contributed by atoms with Crippen molar-refractivity contribution < 1.29 is 22.5 Å². The van der Waals surface area contributed by atoms with Crippen LogP contribution in [0.3, 0.4) is 0 Å². The Kier molecular flexibility index (Phi) is 5.74. The largest absolute Gasteiger partial charge is 0.455 e. The van der Waals surface area contributed by atoms with Crippen LogP contribution < -0.4 is 0 Å². The zero-order chi connectivity index (χ0) is 20.3. The third-order valence-corrected chi connectivity index (χ3v) is 7.35. The highest BCUT2D eigenvalue weighted by molar-refractivity contribution is 7.89. The molecule has 1 aromatic carbocycles. The van der Waals surface area contributed by atoms with Gasteiger partial charge < -0.3 is 9.26 Å². The van der Waals surface area contributed by atoms with Crippen LogP contribution >= 0.6 is 11.3 Å². The molecular formula is C19H19N3O5S2. The van der Waals surface area contributed by atoms with E-state index in [1.54, 1.807) is 30.3 Å². The van der Waals surface area contributed by atoms with Gasteiger partial charge in [0.05, 0.1) is 10.8 Å². The Morgan fingerprint density at radius 3 is 2.66 bits per heavy atom. The number of esters is 1. The van der Waals surface area contributed by atoms with Gasteiger partial charge in [0.25, 0.3) is 5.89 Å². The predicted octanol–water partition coefficient (Wildman–Crippen LogP) is 2.94. The fourth-order valence-corrected chi connectivity index (χ4v) is 5.27. The Hall–Kier alpha value is -2.56. The molecule has 0 radical (unpaired) electrons. The van der Waals surface area contributed by atoms with Gasteiger partial charge in [0.1, 0.15) is 0 Å². The summed E-state index contributed by atoms with van der Waals surface area (Å²) < 4.78 is 37.1. The lowest BCUT2D eigenvalue weighted by Gasteiger charge is -2.30. The first-order valence-corrected chi connectivity index (χ1v) is 11.5. The quantitative estimate of drug-likeness (QED) is 0.551. The molecule has 1 fully saturated rings. The fraction of sp³-hybridized carbons (Fsp3) is 0.316. The summed E-state index contributed by atoms with van der Waals surface area (Å²) in [6.07, 6.45) is 0.823. The number of sulfonamides is 1. The Morgan fingerprint density at radius 2 is 1.97 bits per heavy atom. The highest BCUT2D eigenvalue weighted by Crippen LogP contribution is 2.25. The molecule has 3 aromatic rings. The maximum atomic E-state index is 12.7. The van der Waals surface area contributed by atoms with E-state index in [2.05, 4.69) is 10.1 Å². The number of hydrogen-bond donors (Lipinski definition) is 0. The second-order valence-corrected chi connectivity index (χ2v) is 9.34. The maximum Gasteiger partial charge on any atom is 0.309 e. The van der Waals surface area contributed by atoms with Crippen molar-refractivity contribution in [3.8, 4) is 11.4 Å². The van der Waals surface area contributed by atoms with E-state index in [4.69, 9.17) is 9.26 Å². The third kappa shape index (κ3) is 4.39. The van der Waals surface area contributed by atoms with Gasteiger partial charge in [0.15, 0.2) is 6.61 Å². The molecule has 0 amide bonds. The molecule has 0 unspecified atom stereocenters. The number of carbonyl (C=O) groups is 1. The number of benzene rings is 1. The highest BCUT2D eigenvalue weighted by atomic mass is 32.2. The molecule has 1 saturated heterocycles. The molecule has 0 bridgehead atoms. The molecule has 3 heterocycles. The summed E-state index contributed by atoms with van der Waals surface area (Å²) in [5.41, 5.74) is 0.850. The monoisotopic (exact) mass is 433 g/mol. The Labute approximate surface area is 172 Å². The van der Waals surface area contributed by atoms with Gasteiger partial charge >= 0.3 is 5.97 Å². The van der Waals surface area contributed by atoms with Crippen LogP contribution in [0.5, 0.6) is 0 Å². The number of piperidine rings is 1. The van der Waals surface area contributed by atoms with Crippen LogP contribution in [0.15, 0.2) is 56.6 Å². The van der Waals surface area contributed by atoms with Crippen molar-refractivity contribution in [2.75, 3.05) is 13.1 Å². The summed E-state index contributed by atoms with van der Waals surface area (Å²) in [6.45, 7) is 0.457. The first-order valence-electron chi connectivity index (χ1n) is 9.11. The Balaban J connectivity index is 1.29. The Morgan fingerprint density at radius 1 is 1.21 bits per heavy atom. The topological polar surface area (TPSA) is 103 Å². The van der Waals surface area contributed by atoms with E-state index in [1.807, 2.05) is 16.8 Å². The van der Waals surface area contributed by atoms with Crippen molar-refractivity contribution in [3.63, 3.8) is 0 Å². The van der Waals surface area contributed by atoms with Crippen molar-refractivity contribution in [3.05, 3.63) is 53.0 Å². The van der Waals surface area contributed by atoms with Gasteiger partial charge in [0.2, 0.25) is 15.8 Å². The smallest absolute Gasteiger partial charge is 0.309 e. The molecule has 1 aliphatic rings. The molecule has 29 heavy (non-hydrogen) atoms. The summed E-state index contributed by atoms with van der Waals surface area (Å²) >= 11 is 1.53. The minimum absolute atomic E-state index is 0.0987. The lowest BCUT2D eigenvalue weighted by atomic mass is 9.98. The van der Waals surface area contributed by atoms with Gasteiger partial charge in [-0.1, -0.05) is 23.4 Å². The average Bonchev–Trinajstić information content (AvgIpc) is 3.44. The van der Waals surface area contributed by atoms with Crippen molar-refractivity contribution in [1.82, 2.24) is 14.4 Å². The van der Waals surface area contributed by atoms with Crippen molar-refractivity contribution >= 4 is 27.3 Å². The van der Waals surface area contributed by atoms with Crippen LogP contribution in [-0.2, 0) is 26.2 Å². The molecule has 8 nitrogen and oxygen atoms in total. The number of aromatic nitrogens is 2. The molecule has 0 saturated carbocycles. The van der Waals surface area contributed by atoms with Crippen LogP contribution in [0, 0.1) is 5.92 Å². The van der Waals surface area contributed by atoms with Crippen molar-refractivity contribution in [2.24, 2.45) is 5.92 Å². The Bertz CT molecular complexity index is 1060. The second kappa shape index (κ2) is 8.44. The van der Waals surface area contributed by atoms with Gasteiger partial charge in [-0.15, -0.1) is 0 Å². The zero-order valence-electron chi connectivity index (χ0n) is 15.4.